The second-order valence-corrected chi connectivity index (χ2v) is 7.10. The molecule has 0 aromatic rings. The van der Waals surface area contributed by atoms with Crippen LogP contribution in [0.5, 0.6) is 0 Å². The minimum atomic E-state index is -0.0802. The first-order chi connectivity index (χ1) is 9.50. The SMILES string of the molecule is CCC(C)(C)NC(=O)CN1CCC(C2CCCN2)CC1. The van der Waals surface area contributed by atoms with Crippen LogP contribution in [0.4, 0.5) is 0 Å². The smallest absolute Gasteiger partial charge is 0.234 e. The summed E-state index contributed by atoms with van der Waals surface area (Å²) in [5.74, 6) is 0.998. The molecule has 1 unspecified atom stereocenters. The van der Waals surface area contributed by atoms with E-state index in [-0.39, 0.29) is 11.4 Å². The van der Waals surface area contributed by atoms with Crippen molar-refractivity contribution in [3.8, 4) is 0 Å². The Bertz CT molecular complexity index is 316. The molecule has 0 saturated carbocycles. The lowest BCUT2D eigenvalue weighted by Crippen LogP contribution is -2.49. The van der Waals surface area contributed by atoms with Gasteiger partial charge in [0, 0.05) is 11.6 Å². The topological polar surface area (TPSA) is 44.4 Å². The van der Waals surface area contributed by atoms with Crippen LogP contribution in [-0.2, 0) is 4.79 Å². The summed E-state index contributed by atoms with van der Waals surface area (Å²) >= 11 is 0. The van der Waals surface area contributed by atoms with E-state index >= 15 is 0 Å². The lowest BCUT2D eigenvalue weighted by Gasteiger charge is -2.35. The first-order valence-electron chi connectivity index (χ1n) is 8.27. The maximum absolute atomic E-state index is 12.1. The van der Waals surface area contributed by atoms with Crippen molar-refractivity contribution in [3.05, 3.63) is 0 Å². The molecule has 0 aromatic heterocycles. The van der Waals surface area contributed by atoms with Crippen molar-refractivity contribution >= 4 is 5.91 Å². The third kappa shape index (κ3) is 4.45. The molecular formula is C16H31N3O. The average Bonchev–Trinajstić information content (AvgIpc) is 2.93. The summed E-state index contributed by atoms with van der Waals surface area (Å²) in [5.41, 5.74) is -0.0802. The molecule has 0 radical (unpaired) electrons. The van der Waals surface area contributed by atoms with Gasteiger partial charge in [-0.2, -0.15) is 0 Å². The molecule has 2 heterocycles. The number of carbonyl (C=O) groups excluding carboxylic acids is 1. The van der Waals surface area contributed by atoms with Gasteiger partial charge in [-0.15, -0.1) is 0 Å². The van der Waals surface area contributed by atoms with E-state index in [1.54, 1.807) is 0 Å². The molecule has 0 aromatic carbocycles. The van der Waals surface area contributed by atoms with Gasteiger partial charge in [0.1, 0.15) is 0 Å². The molecule has 2 rings (SSSR count). The fraction of sp³-hybridized carbons (Fsp3) is 0.938. The highest BCUT2D eigenvalue weighted by atomic mass is 16.2. The van der Waals surface area contributed by atoms with Gasteiger partial charge in [0.05, 0.1) is 6.54 Å². The molecular weight excluding hydrogens is 250 g/mol. The van der Waals surface area contributed by atoms with Crippen LogP contribution < -0.4 is 10.6 Å². The number of amides is 1. The number of nitrogens with zero attached hydrogens (tertiary/aromatic N) is 1. The summed E-state index contributed by atoms with van der Waals surface area (Å²) in [4.78, 5) is 14.4. The van der Waals surface area contributed by atoms with Crippen molar-refractivity contribution in [2.24, 2.45) is 5.92 Å². The maximum atomic E-state index is 12.1. The first-order valence-corrected chi connectivity index (χ1v) is 8.27. The molecule has 4 heteroatoms. The van der Waals surface area contributed by atoms with Gasteiger partial charge in [0.2, 0.25) is 5.91 Å². The molecule has 4 nitrogen and oxygen atoms in total. The number of carbonyl (C=O) groups is 1. The molecule has 2 N–H and O–H groups in total. The zero-order valence-electron chi connectivity index (χ0n) is 13.4. The summed E-state index contributed by atoms with van der Waals surface area (Å²) in [6, 6.07) is 0.741. The molecule has 20 heavy (non-hydrogen) atoms. The molecule has 2 fully saturated rings. The largest absolute Gasteiger partial charge is 0.350 e. The van der Waals surface area contributed by atoms with Crippen LogP contribution in [0.3, 0.4) is 0 Å². The fourth-order valence-corrected chi connectivity index (χ4v) is 3.34. The quantitative estimate of drug-likeness (QED) is 0.807. The van der Waals surface area contributed by atoms with Crippen molar-refractivity contribution in [2.75, 3.05) is 26.2 Å². The van der Waals surface area contributed by atoms with Crippen molar-refractivity contribution in [3.63, 3.8) is 0 Å². The van der Waals surface area contributed by atoms with Crippen LogP contribution >= 0.6 is 0 Å². The van der Waals surface area contributed by atoms with Crippen LogP contribution in [0.2, 0.25) is 0 Å². The van der Waals surface area contributed by atoms with Crippen molar-refractivity contribution in [1.82, 2.24) is 15.5 Å². The molecule has 2 aliphatic rings. The van der Waals surface area contributed by atoms with Gasteiger partial charge in [-0.3, -0.25) is 9.69 Å². The Morgan fingerprint density at radius 3 is 2.55 bits per heavy atom. The van der Waals surface area contributed by atoms with E-state index in [9.17, 15) is 4.79 Å². The van der Waals surface area contributed by atoms with Gasteiger partial charge in [0.25, 0.3) is 0 Å². The summed E-state index contributed by atoms with van der Waals surface area (Å²) < 4.78 is 0. The fourth-order valence-electron chi connectivity index (χ4n) is 3.34. The minimum Gasteiger partial charge on any atom is -0.350 e. The Balaban J connectivity index is 1.70. The molecule has 1 amide bonds. The van der Waals surface area contributed by atoms with Crippen molar-refractivity contribution in [2.45, 2.75) is 64.5 Å². The van der Waals surface area contributed by atoms with E-state index in [0.29, 0.717) is 6.54 Å². The lowest BCUT2D eigenvalue weighted by atomic mass is 9.88. The van der Waals surface area contributed by atoms with Crippen LogP contribution in [-0.4, -0.2) is 48.6 Å². The van der Waals surface area contributed by atoms with E-state index < -0.39 is 0 Å². The van der Waals surface area contributed by atoms with Crippen LogP contribution in [0, 0.1) is 5.92 Å². The monoisotopic (exact) mass is 281 g/mol. The second kappa shape index (κ2) is 6.90. The van der Waals surface area contributed by atoms with E-state index in [2.05, 4.69) is 36.3 Å². The van der Waals surface area contributed by atoms with E-state index in [0.717, 1.165) is 31.5 Å². The van der Waals surface area contributed by atoms with Crippen LogP contribution in [0.25, 0.3) is 0 Å². The zero-order chi connectivity index (χ0) is 14.6. The molecule has 2 aliphatic heterocycles. The van der Waals surface area contributed by atoms with Gasteiger partial charge in [0.15, 0.2) is 0 Å². The van der Waals surface area contributed by atoms with Crippen LogP contribution in [0.1, 0.15) is 52.9 Å². The number of likely N-dealkylation sites (tertiary alicyclic amines) is 1. The summed E-state index contributed by atoms with van der Waals surface area (Å²) in [5, 5.41) is 6.75. The Kier molecular flexibility index (Phi) is 5.44. The number of piperidine rings is 1. The van der Waals surface area contributed by atoms with Crippen LogP contribution in [0.15, 0.2) is 0 Å². The highest BCUT2D eigenvalue weighted by Crippen LogP contribution is 2.25. The molecule has 0 spiro atoms. The maximum Gasteiger partial charge on any atom is 0.234 e. The van der Waals surface area contributed by atoms with Gasteiger partial charge < -0.3 is 10.6 Å². The summed E-state index contributed by atoms with van der Waals surface area (Å²) in [6.45, 7) is 10.2. The highest BCUT2D eigenvalue weighted by molar-refractivity contribution is 5.78. The van der Waals surface area contributed by atoms with Gasteiger partial charge >= 0.3 is 0 Å². The predicted molar refractivity (Wildman–Crippen MR) is 82.7 cm³/mol. The van der Waals surface area contributed by atoms with E-state index in [1.807, 2.05) is 0 Å². The standard InChI is InChI=1S/C16H31N3O/c1-4-16(2,3)18-15(20)12-19-10-7-13(8-11-19)14-6-5-9-17-14/h13-14,17H,4-12H2,1-3H3,(H,18,20). The number of rotatable bonds is 5. The Morgan fingerprint density at radius 1 is 1.30 bits per heavy atom. The second-order valence-electron chi connectivity index (χ2n) is 7.10. The number of hydrogen-bond acceptors (Lipinski definition) is 3. The van der Waals surface area contributed by atoms with Gasteiger partial charge in [-0.1, -0.05) is 6.92 Å². The van der Waals surface area contributed by atoms with Crippen molar-refractivity contribution in [1.29, 1.82) is 0 Å². The predicted octanol–water partition coefficient (Wildman–Crippen LogP) is 1.76. The van der Waals surface area contributed by atoms with Gasteiger partial charge in [-0.25, -0.2) is 0 Å². The minimum absolute atomic E-state index is 0.0802. The number of nitrogens with one attached hydrogen (secondary N) is 2. The molecule has 1 atom stereocenters. The summed E-state index contributed by atoms with van der Waals surface area (Å²) in [6.07, 6.45) is 6.12. The Hall–Kier alpha value is -0.610. The van der Waals surface area contributed by atoms with E-state index in [4.69, 9.17) is 0 Å². The molecule has 0 bridgehead atoms. The zero-order valence-corrected chi connectivity index (χ0v) is 13.4. The Labute approximate surface area is 123 Å². The van der Waals surface area contributed by atoms with Gasteiger partial charge in [-0.05, 0) is 71.5 Å². The lowest BCUT2D eigenvalue weighted by molar-refractivity contribution is -0.124. The van der Waals surface area contributed by atoms with E-state index in [1.165, 1.54) is 32.2 Å². The third-order valence-corrected chi connectivity index (χ3v) is 5.03. The third-order valence-electron chi connectivity index (χ3n) is 5.03. The Morgan fingerprint density at radius 2 is 2.00 bits per heavy atom. The average molecular weight is 281 g/mol. The van der Waals surface area contributed by atoms with Crippen molar-refractivity contribution < 1.29 is 4.79 Å². The molecule has 2 saturated heterocycles. The highest BCUT2D eigenvalue weighted by Gasteiger charge is 2.29. The summed E-state index contributed by atoms with van der Waals surface area (Å²) in [7, 11) is 0. The first kappa shape index (κ1) is 15.8. The normalized spacial score (nSPS) is 25.9. The molecule has 0 aliphatic carbocycles. The number of hydrogen-bond donors (Lipinski definition) is 2. The molecule has 116 valence electrons.